The maximum atomic E-state index is 5.98. The molecule has 37 heavy (non-hydrogen) atoms. The van der Waals surface area contributed by atoms with Crippen molar-refractivity contribution in [3.05, 3.63) is 53.7 Å². The Labute approximate surface area is 232 Å². The number of hydrogen-bond donors (Lipinski definition) is 1. The van der Waals surface area contributed by atoms with Crippen molar-refractivity contribution >= 4 is 36.4 Å². The number of aromatic nitrogens is 2. The first-order valence-corrected chi connectivity index (χ1v) is 12.2. The van der Waals surface area contributed by atoms with Gasteiger partial charge in [-0.3, -0.25) is 0 Å². The Kier molecular flexibility index (Phi) is 10.9. The highest BCUT2D eigenvalue weighted by Gasteiger charge is 2.32. The third kappa shape index (κ3) is 6.78. The molecule has 0 aliphatic heterocycles. The summed E-state index contributed by atoms with van der Waals surface area (Å²) in [6, 6.07) is 12.0. The van der Waals surface area contributed by atoms with Gasteiger partial charge < -0.3 is 24.4 Å². The van der Waals surface area contributed by atoms with Gasteiger partial charge in [-0.2, -0.15) is 0 Å². The number of nitrogens with zero attached hydrogens (tertiary/aromatic N) is 3. The Morgan fingerprint density at radius 1 is 0.973 bits per heavy atom. The Bertz CT molecular complexity index is 1190. The summed E-state index contributed by atoms with van der Waals surface area (Å²) in [6.45, 7) is 12.3. The van der Waals surface area contributed by atoms with Crippen LogP contribution in [0.2, 0.25) is 0 Å². The van der Waals surface area contributed by atoms with E-state index < -0.39 is 0 Å². The summed E-state index contributed by atoms with van der Waals surface area (Å²) in [7, 11) is 3.34. The quantitative estimate of drug-likeness (QED) is 0.318. The van der Waals surface area contributed by atoms with E-state index in [1.54, 1.807) is 14.2 Å². The van der Waals surface area contributed by atoms with Crippen molar-refractivity contribution in [3.8, 4) is 28.5 Å². The molecule has 7 nitrogen and oxygen atoms in total. The van der Waals surface area contributed by atoms with E-state index in [1.807, 2.05) is 30.5 Å². The molecule has 0 spiro atoms. The molecule has 9 heteroatoms. The van der Waals surface area contributed by atoms with Crippen molar-refractivity contribution < 1.29 is 14.2 Å². The second-order valence-electron chi connectivity index (χ2n) is 9.41. The minimum absolute atomic E-state index is 0. The van der Waals surface area contributed by atoms with E-state index >= 15 is 0 Å². The summed E-state index contributed by atoms with van der Waals surface area (Å²) in [5.41, 5.74) is 5.27. The Morgan fingerprint density at radius 3 is 2.41 bits per heavy atom. The molecule has 3 aromatic rings. The number of likely N-dealkylation sites (N-methyl/N-ethyl adjacent to an activating group) is 1. The molecule has 1 aliphatic carbocycles. The van der Waals surface area contributed by atoms with E-state index in [-0.39, 0.29) is 30.2 Å². The minimum atomic E-state index is 0. The molecule has 0 saturated heterocycles. The van der Waals surface area contributed by atoms with Crippen LogP contribution in [0, 0.1) is 0 Å². The lowest BCUT2D eigenvalue weighted by Gasteiger charge is -2.33. The average molecular weight is 550 g/mol. The van der Waals surface area contributed by atoms with E-state index in [4.69, 9.17) is 19.2 Å². The number of methoxy groups -OCH3 is 2. The lowest BCUT2D eigenvalue weighted by Crippen LogP contribution is -2.27. The first kappa shape index (κ1) is 30.5. The molecule has 1 aromatic heterocycles. The van der Waals surface area contributed by atoms with Crippen molar-refractivity contribution in [2.75, 3.05) is 45.8 Å². The van der Waals surface area contributed by atoms with Crippen LogP contribution in [-0.4, -0.2) is 55.3 Å². The number of benzene rings is 2. The number of ether oxygens (including phenoxy) is 3. The maximum Gasteiger partial charge on any atom is 0.227 e. The van der Waals surface area contributed by atoms with Crippen molar-refractivity contribution in [2.24, 2.45) is 0 Å². The van der Waals surface area contributed by atoms with Gasteiger partial charge in [-0.05, 0) is 60.3 Å². The van der Waals surface area contributed by atoms with Crippen molar-refractivity contribution in [1.82, 2.24) is 14.9 Å². The molecule has 4 rings (SSSR count). The Balaban J connectivity index is 0.00000241. The number of fused-ring (bicyclic) bond motifs is 3. The number of nitrogens with one attached hydrogen (secondary N) is 1. The van der Waals surface area contributed by atoms with Gasteiger partial charge in [0.1, 0.15) is 12.4 Å². The number of halogens is 2. The number of hydrogen-bond acceptors (Lipinski definition) is 7. The van der Waals surface area contributed by atoms with E-state index in [0.717, 1.165) is 60.1 Å². The molecular formula is C28H38Cl2N4O3. The summed E-state index contributed by atoms with van der Waals surface area (Å²) in [5, 5.41) is 3.33. The SMILES string of the molecule is CCN(CC)CCOc1ccc(Nc2ncc3c(n2)-c2cc(OC)ccc2C(C)(C)C3)cc1OC.Cl.Cl. The Hall–Kier alpha value is -2.74. The number of anilines is 2. The van der Waals surface area contributed by atoms with Gasteiger partial charge >= 0.3 is 0 Å². The topological polar surface area (TPSA) is 68.7 Å². The van der Waals surface area contributed by atoms with Crippen molar-refractivity contribution in [2.45, 2.75) is 39.5 Å². The zero-order chi connectivity index (χ0) is 25.0. The fourth-order valence-corrected chi connectivity index (χ4v) is 4.66. The van der Waals surface area contributed by atoms with Crippen molar-refractivity contribution in [1.29, 1.82) is 0 Å². The van der Waals surface area contributed by atoms with Crippen LogP contribution < -0.4 is 19.5 Å². The Morgan fingerprint density at radius 2 is 1.73 bits per heavy atom. The van der Waals surface area contributed by atoms with Gasteiger partial charge in [0.05, 0.1) is 19.9 Å². The molecular weight excluding hydrogens is 511 g/mol. The highest BCUT2D eigenvalue weighted by atomic mass is 35.5. The summed E-state index contributed by atoms with van der Waals surface area (Å²) < 4.78 is 17.1. The standard InChI is InChI=1S/C28H36N4O3.2ClH/c1-7-32(8-2)13-14-35-24-12-9-20(15-25(24)34-6)30-27-29-18-19-17-28(3,4)23-11-10-21(33-5)16-22(23)26(19)31-27;;/h9-12,15-16,18H,7-8,13-14,17H2,1-6H3,(H,29,30,31);2*1H. The summed E-state index contributed by atoms with van der Waals surface area (Å²) in [4.78, 5) is 11.8. The third-order valence-corrected chi connectivity index (χ3v) is 6.69. The molecule has 1 N–H and O–H groups in total. The predicted molar refractivity (Wildman–Crippen MR) is 155 cm³/mol. The monoisotopic (exact) mass is 548 g/mol. The van der Waals surface area contributed by atoms with Gasteiger partial charge in [0.15, 0.2) is 11.5 Å². The van der Waals surface area contributed by atoms with Crippen molar-refractivity contribution in [3.63, 3.8) is 0 Å². The van der Waals surface area contributed by atoms with Gasteiger partial charge in [-0.15, -0.1) is 24.8 Å². The molecule has 1 heterocycles. The molecule has 1 aliphatic rings. The normalized spacial score (nSPS) is 12.9. The average Bonchev–Trinajstić information content (AvgIpc) is 2.87. The molecule has 0 amide bonds. The maximum absolute atomic E-state index is 5.98. The molecule has 0 saturated carbocycles. The lowest BCUT2D eigenvalue weighted by molar-refractivity contribution is 0.217. The first-order valence-electron chi connectivity index (χ1n) is 12.2. The fourth-order valence-electron chi connectivity index (χ4n) is 4.66. The molecule has 0 fully saturated rings. The lowest BCUT2D eigenvalue weighted by atomic mass is 9.72. The number of rotatable bonds is 10. The van der Waals surface area contributed by atoms with Crippen LogP contribution in [0.15, 0.2) is 42.6 Å². The van der Waals surface area contributed by atoms with E-state index in [9.17, 15) is 0 Å². The van der Waals surface area contributed by atoms with E-state index in [0.29, 0.717) is 18.3 Å². The summed E-state index contributed by atoms with van der Waals surface area (Å²) in [6.07, 6.45) is 2.81. The molecule has 0 bridgehead atoms. The minimum Gasteiger partial charge on any atom is -0.497 e. The van der Waals surface area contributed by atoms with Crippen LogP contribution in [0.5, 0.6) is 17.2 Å². The third-order valence-electron chi connectivity index (χ3n) is 6.69. The first-order chi connectivity index (χ1) is 16.9. The van der Waals surface area contributed by atoms with Gasteiger partial charge in [-0.25, -0.2) is 9.97 Å². The molecule has 202 valence electrons. The van der Waals surface area contributed by atoms with E-state index in [1.165, 1.54) is 5.56 Å². The van der Waals surface area contributed by atoms with Crippen LogP contribution in [0.4, 0.5) is 11.6 Å². The fraction of sp³-hybridized carbons (Fsp3) is 0.429. The zero-order valence-corrected chi connectivity index (χ0v) is 24.1. The highest BCUT2D eigenvalue weighted by Crippen LogP contribution is 2.43. The van der Waals surface area contributed by atoms with Crippen LogP contribution in [0.25, 0.3) is 11.3 Å². The molecule has 2 aromatic carbocycles. The largest absolute Gasteiger partial charge is 0.497 e. The smallest absolute Gasteiger partial charge is 0.227 e. The van der Waals surface area contributed by atoms with Crippen LogP contribution in [0.3, 0.4) is 0 Å². The highest BCUT2D eigenvalue weighted by molar-refractivity contribution is 5.85. The molecule has 0 radical (unpaired) electrons. The molecule has 0 unspecified atom stereocenters. The molecule has 0 atom stereocenters. The van der Waals surface area contributed by atoms with Gasteiger partial charge in [0.25, 0.3) is 0 Å². The van der Waals surface area contributed by atoms with E-state index in [2.05, 4.69) is 55.0 Å². The van der Waals surface area contributed by atoms with Gasteiger partial charge in [0.2, 0.25) is 5.95 Å². The van der Waals surface area contributed by atoms with Gasteiger partial charge in [0, 0.05) is 30.1 Å². The second kappa shape index (κ2) is 13.2. The zero-order valence-electron chi connectivity index (χ0n) is 22.5. The van der Waals surface area contributed by atoms with Gasteiger partial charge in [-0.1, -0.05) is 33.8 Å². The second-order valence-corrected chi connectivity index (χ2v) is 9.41. The van der Waals surface area contributed by atoms with Crippen LogP contribution >= 0.6 is 24.8 Å². The predicted octanol–water partition coefficient (Wildman–Crippen LogP) is 6.30. The summed E-state index contributed by atoms with van der Waals surface area (Å²) >= 11 is 0. The summed E-state index contributed by atoms with van der Waals surface area (Å²) in [5.74, 6) is 2.75. The van der Waals surface area contributed by atoms with Crippen LogP contribution in [0.1, 0.15) is 38.8 Å². The van der Waals surface area contributed by atoms with Crippen LogP contribution in [-0.2, 0) is 11.8 Å².